The Morgan fingerprint density at radius 3 is 2.30 bits per heavy atom. The molecule has 0 saturated carbocycles. The second-order valence-electron chi connectivity index (χ2n) is 7.03. The molecule has 0 unspecified atom stereocenters. The first-order chi connectivity index (χ1) is 14.0. The number of rotatable bonds is 9. The summed E-state index contributed by atoms with van der Waals surface area (Å²) in [5.74, 6) is 1.62. The van der Waals surface area contributed by atoms with Gasteiger partial charge in [0.25, 0.3) is 5.91 Å². The first kappa shape index (κ1) is 25.7. The molecule has 0 saturated heterocycles. The Kier molecular flexibility index (Phi) is 11.9. The van der Waals surface area contributed by atoms with Crippen molar-refractivity contribution in [1.82, 2.24) is 15.5 Å². The molecule has 0 aliphatic carbocycles. The smallest absolute Gasteiger partial charge is 0.253 e. The highest BCUT2D eigenvalue weighted by molar-refractivity contribution is 14.0. The van der Waals surface area contributed by atoms with Crippen molar-refractivity contribution in [3.8, 4) is 5.75 Å². The van der Waals surface area contributed by atoms with E-state index in [9.17, 15) is 4.79 Å². The second-order valence-corrected chi connectivity index (χ2v) is 7.03. The average Bonchev–Trinajstić information content (AvgIpc) is 2.74. The number of hydrogen-bond acceptors (Lipinski definition) is 3. The van der Waals surface area contributed by atoms with E-state index >= 15 is 0 Å². The van der Waals surface area contributed by atoms with Crippen LogP contribution in [0, 0.1) is 0 Å². The van der Waals surface area contributed by atoms with E-state index in [1.807, 2.05) is 36.4 Å². The Labute approximate surface area is 197 Å². The zero-order chi connectivity index (χ0) is 21.1. The molecule has 0 heterocycles. The zero-order valence-electron chi connectivity index (χ0n) is 18.3. The van der Waals surface area contributed by atoms with Gasteiger partial charge in [-0.1, -0.05) is 37.6 Å². The number of carbonyl (C=O) groups is 1. The minimum atomic E-state index is 0. The van der Waals surface area contributed by atoms with Crippen LogP contribution in [0.4, 0.5) is 0 Å². The second kappa shape index (κ2) is 13.8. The van der Waals surface area contributed by atoms with Gasteiger partial charge in [-0.2, -0.15) is 0 Å². The maximum Gasteiger partial charge on any atom is 0.253 e. The van der Waals surface area contributed by atoms with Gasteiger partial charge >= 0.3 is 0 Å². The summed E-state index contributed by atoms with van der Waals surface area (Å²) in [5.41, 5.74) is 2.89. The molecule has 2 rings (SSSR count). The van der Waals surface area contributed by atoms with E-state index in [2.05, 4.69) is 34.7 Å². The largest absolute Gasteiger partial charge is 0.494 e. The fourth-order valence-corrected chi connectivity index (χ4v) is 2.70. The lowest BCUT2D eigenvalue weighted by molar-refractivity contribution is 0.0827. The van der Waals surface area contributed by atoms with Crippen LogP contribution in [0.2, 0.25) is 0 Å². The molecule has 2 N–H and O–H groups in total. The number of amides is 1. The van der Waals surface area contributed by atoms with Crippen molar-refractivity contribution >= 4 is 35.8 Å². The fraction of sp³-hybridized carbons (Fsp3) is 0.391. The molecule has 2 aromatic carbocycles. The highest BCUT2D eigenvalue weighted by atomic mass is 127. The number of carbonyl (C=O) groups excluding carboxylic acids is 1. The van der Waals surface area contributed by atoms with Gasteiger partial charge < -0.3 is 20.3 Å². The number of halogens is 1. The van der Waals surface area contributed by atoms with Crippen LogP contribution in [0.3, 0.4) is 0 Å². The van der Waals surface area contributed by atoms with E-state index in [4.69, 9.17) is 4.74 Å². The summed E-state index contributed by atoms with van der Waals surface area (Å²) in [5, 5.41) is 6.61. The minimum Gasteiger partial charge on any atom is -0.494 e. The zero-order valence-corrected chi connectivity index (χ0v) is 20.6. The van der Waals surface area contributed by atoms with Gasteiger partial charge in [0.2, 0.25) is 0 Å². The molecule has 0 aromatic heterocycles. The van der Waals surface area contributed by atoms with Crippen LogP contribution in [0.1, 0.15) is 41.3 Å². The number of guanidine groups is 1. The van der Waals surface area contributed by atoms with E-state index < -0.39 is 0 Å². The van der Waals surface area contributed by atoms with E-state index in [1.165, 1.54) is 0 Å². The number of hydrogen-bond donors (Lipinski definition) is 2. The van der Waals surface area contributed by atoms with Crippen LogP contribution in [0.15, 0.2) is 53.5 Å². The Hall–Kier alpha value is -2.29. The lowest BCUT2D eigenvalue weighted by Crippen LogP contribution is -2.36. The number of unbranched alkanes of at least 4 members (excludes halogenated alkanes) is 1. The predicted octanol–water partition coefficient (Wildman–Crippen LogP) is 4.05. The van der Waals surface area contributed by atoms with Gasteiger partial charge in [-0.15, -0.1) is 24.0 Å². The number of nitrogens with zero attached hydrogens (tertiary/aromatic N) is 2. The highest BCUT2D eigenvalue weighted by Crippen LogP contribution is 2.13. The van der Waals surface area contributed by atoms with E-state index in [0.29, 0.717) is 18.7 Å². The van der Waals surface area contributed by atoms with Gasteiger partial charge in [-0.05, 0) is 41.8 Å². The summed E-state index contributed by atoms with van der Waals surface area (Å²) in [6, 6.07) is 15.7. The Morgan fingerprint density at radius 1 is 1.03 bits per heavy atom. The van der Waals surface area contributed by atoms with Crippen molar-refractivity contribution in [3.63, 3.8) is 0 Å². The molecule has 30 heavy (non-hydrogen) atoms. The van der Waals surface area contributed by atoms with E-state index in [-0.39, 0.29) is 29.9 Å². The Morgan fingerprint density at radius 2 is 1.70 bits per heavy atom. The highest BCUT2D eigenvalue weighted by Gasteiger charge is 2.07. The normalized spacial score (nSPS) is 10.7. The summed E-state index contributed by atoms with van der Waals surface area (Å²) in [7, 11) is 5.25. The lowest BCUT2D eigenvalue weighted by Gasteiger charge is -2.14. The number of benzene rings is 2. The Bertz CT molecular complexity index is 807. The Balaban J connectivity index is 0.00000450. The molecule has 164 valence electrons. The van der Waals surface area contributed by atoms with Crippen LogP contribution < -0.4 is 15.4 Å². The molecule has 0 fully saturated rings. The van der Waals surface area contributed by atoms with Gasteiger partial charge in [0, 0.05) is 39.8 Å². The number of nitrogens with one attached hydrogen (secondary N) is 2. The first-order valence-electron chi connectivity index (χ1n) is 10.00. The number of ether oxygens (including phenoxy) is 1. The van der Waals surface area contributed by atoms with Crippen molar-refractivity contribution < 1.29 is 9.53 Å². The van der Waals surface area contributed by atoms with Crippen molar-refractivity contribution in [2.24, 2.45) is 4.99 Å². The quantitative estimate of drug-likeness (QED) is 0.225. The molecule has 6 nitrogen and oxygen atoms in total. The van der Waals surface area contributed by atoms with Crippen LogP contribution in [-0.4, -0.2) is 44.5 Å². The monoisotopic (exact) mass is 524 g/mol. The predicted molar refractivity (Wildman–Crippen MR) is 134 cm³/mol. The van der Waals surface area contributed by atoms with Gasteiger partial charge in [0.1, 0.15) is 5.75 Å². The summed E-state index contributed by atoms with van der Waals surface area (Å²) in [4.78, 5) is 17.8. The van der Waals surface area contributed by atoms with Crippen LogP contribution in [0.5, 0.6) is 5.75 Å². The minimum absolute atomic E-state index is 0. The van der Waals surface area contributed by atoms with Crippen molar-refractivity contribution in [1.29, 1.82) is 0 Å². The van der Waals surface area contributed by atoms with Crippen molar-refractivity contribution in [2.75, 3.05) is 27.7 Å². The molecule has 0 atom stereocenters. The third kappa shape index (κ3) is 8.61. The molecule has 1 amide bonds. The SMILES string of the molecule is CCCCOc1cccc(CNC(=NC)NCc2ccc(C(=O)N(C)C)cc2)c1.I. The maximum atomic E-state index is 12.0. The molecular weight excluding hydrogens is 491 g/mol. The van der Waals surface area contributed by atoms with Crippen molar-refractivity contribution in [2.45, 2.75) is 32.9 Å². The first-order valence-corrected chi connectivity index (χ1v) is 10.00. The summed E-state index contributed by atoms with van der Waals surface area (Å²) in [6.45, 7) is 4.17. The van der Waals surface area contributed by atoms with E-state index in [1.54, 1.807) is 26.0 Å². The third-order valence-electron chi connectivity index (χ3n) is 4.42. The fourth-order valence-electron chi connectivity index (χ4n) is 2.70. The number of aliphatic imine (C=N–C) groups is 1. The molecule has 0 spiro atoms. The summed E-state index contributed by atoms with van der Waals surface area (Å²) >= 11 is 0. The van der Waals surface area contributed by atoms with Crippen LogP contribution in [-0.2, 0) is 13.1 Å². The van der Waals surface area contributed by atoms with Gasteiger partial charge in [-0.25, -0.2) is 0 Å². The molecule has 0 aliphatic rings. The molecule has 2 aromatic rings. The van der Waals surface area contributed by atoms with Gasteiger partial charge in [-0.3, -0.25) is 9.79 Å². The van der Waals surface area contributed by atoms with Crippen LogP contribution in [0.25, 0.3) is 0 Å². The molecule has 0 bridgehead atoms. The van der Waals surface area contributed by atoms with Crippen LogP contribution >= 0.6 is 24.0 Å². The van der Waals surface area contributed by atoms with Gasteiger partial charge in [0.05, 0.1) is 6.61 Å². The van der Waals surface area contributed by atoms with Gasteiger partial charge in [0.15, 0.2) is 5.96 Å². The summed E-state index contributed by atoms with van der Waals surface area (Å²) in [6.07, 6.45) is 2.18. The topological polar surface area (TPSA) is 66.0 Å². The maximum absolute atomic E-state index is 12.0. The average molecular weight is 524 g/mol. The molecular formula is C23H33IN4O2. The van der Waals surface area contributed by atoms with Crippen molar-refractivity contribution in [3.05, 3.63) is 65.2 Å². The lowest BCUT2D eigenvalue weighted by atomic mass is 10.1. The van der Waals surface area contributed by atoms with E-state index in [0.717, 1.165) is 42.3 Å². The molecule has 7 heteroatoms. The molecule has 0 radical (unpaired) electrons. The third-order valence-corrected chi connectivity index (χ3v) is 4.42. The molecule has 0 aliphatic heterocycles. The summed E-state index contributed by atoms with van der Waals surface area (Å²) < 4.78 is 5.77. The standard InChI is InChI=1S/C23H32N4O2.HI/c1-5-6-14-29-21-9-7-8-19(15-21)17-26-23(24-2)25-16-18-10-12-20(13-11-18)22(28)27(3)4;/h7-13,15H,5-6,14,16-17H2,1-4H3,(H2,24,25,26);1H.